The van der Waals surface area contributed by atoms with Gasteiger partial charge >= 0.3 is 6.18 Å². The number of rotatable bonds is 12. The van der Waals surface area contributed by atoms with Gasteiger partial charge in [-0.25, -0.2) is 0 Å². The van der Waals surface area contributed by atoms with Crippen LogP contribution in [0.15, 0.2) is 127 Å². The van der Waals surface area contributed by atoms with Crippen molar-refractivity contribution in [1.29, 1.82) is 0 Å². The van der Waals surface area contributed by atoms with Crippen LogP contribution in [-0.4, -0.2) is 52.5 Å². The number of hydrogen-bond acceptors (Lipinski definition) is 8. The summed E-state index contributed by atoms with van der Waals surface area (Å²) in [4.78, 5) is 29.3. The predicted molar refractivity (Wildman–Crippen MR) is 239 cm³/mol. The molecule has 2 aliphatic rings. The molecule has 0 N–H and O–H groups in total. The van der Waals surface area contributed by atoms with Gasteiger partial charge < -0.3 is 28.4 Å². The summed E-state index contributed by atoms with van der Waals surface area (Å²) in [5.41, 5.74) is 3.29. The number of ether oxygens (including phenoxy) is 6. The smallest absolute Gasteiger partial charge is 0.416 e. The average molecular weight is 916 g/mol. The number of para-hydroxylation sites is 1. The quantitative estimate of drug-likeness (QED) is 0.112. The number of methoxy groups -OCH3 is 4. The van der Waals surface area contributed by atoms with Gasteiger partial charge in [-0.2, -0.15) is 13.2 Å². The first-order chi connectivity index (χ1) is 30.7. The molecule has 0 aliphatic carbocycles. The standard InChI is InChI=1S/C25H22F3NO4.C24H21Cl2NO4/c1-15-7-4-5-10-19(15)33-23-22(16-11-12-20(31-2)21(13-16)32-3)29(24(23)30)18-9-6-8-17(14-18)25(26,27)28;1-14-4-8-17(13-19(14)26)27-22(15-5-11-20(29-2)21(12-15)30-3)23(24(27)28)31-18-9-6-16(25)7-10-18/h4-14,22-23H,1-3H3;4-13,22-23H,1-3H3. The number of aryl methyl sites for hydroxylation is 2. The highest BCUT2D eigenvalue weighted by Gasteiger charge is 2.53. The van der Waals surface area contributed by atoms with E-state index in [1.165, 1.54) is 31.3 Å². The Balaban J connectivity index is 0.000000192. The van der Waals surface area contributed by atoms with Crippen LogP contribution in [0, 0.1) is 13.8 Å². The molecule has 332 valence electrons. The Bertz CT molecular complexity index is 2660. The van der Waals surface area contributed by atoms with Crippen molar-refractivity contribution >= 4 is 46.4 Å². The second-order valence-corrected chi connectivity index (χ2v) is 15.7. The summed E-state index contributed by atoms with van der Waals surface area (Å²) in [6, 6.07) is 34.1. The van der Waals surface area contributed by atoms with Crippen molar-refractivity contribution in [2.75, 3.05) is 38.2 Å². The highest BCUT2D eigenvalue weighted by Crippen LogP contribution is 2.46. The third kappa shape index (κ3) is 9.22. The summed E-state index contributed by atoms with van der Waals surface area (Å²) in [5.74, 6) is 2.62. The summed E-state index contributed by atoms with van der Waals surface area (Å²) in [6.07, 6.45) is -6.15. The zero-order chi connectivity index (χ0) is 45.9. The summed E-state index contributed by atoms with van der Waals surface area (Å²) in [7, 11) is 6.15. The zero-order valence-corrected chi connectivity index (χ0v) is 37.0. The highest BCUT2D eigenvalue weighted by atomic mass is 35.5. The molecule has 6 aromatic rings. The molecule has 4 unspecified atom stereocenters. The molecule has 0 saturated carbocycles. The number of benzene rings is 6. The predicted octanol–water partition coefficient (Wildman–Crippen LogP) is 11.4. The van der Waals surface area contributed by atoms with E-state index in [1.54, 1.807) is 79.8 Å². The minimum absolute atomic E-state index is 0.138. The molecule has 2 aliphatic heterocycles. The van der Waals surface area contributed by atoms with Crippen LogP contribution in [0.4, 0.5) is 24.5 Å². The Morgan fingerprint density at radius 2 is 1.05 bits per heavy atom. The molecule has 2 heterocycles. The zero-order valence-electron chi connectivity index (χ0n) is 35.5. The van der Waals surface area contributed by atoms with Gasteiger partial charge in [-0.05, 0) is 121 Å². The first-order valence-electron chi connectivity index (χ1n) is 19.8. The van der Waals surface area contributed by atoms with Gasteiger partial charge in [0.25, 0.3) is 11.8 Å². The Hall–Kier alpha value is -6.57. The van der Waals surface area contributed by atoms with E-state index in [0.29, 0.717) is 55.8 Å². The Labute approximate surface area is 378 Å². The van der Waals surface area contributed by atoms with Crippen molar-refractivity contribution in [2.45, 2.75) is 44.3 Å². The third-order valence-electron chi connectivity index (χ3n) is 10.9. The van der Waals surface area contributed by atoms with E-state index in [2.05, 4.69) is 0 Å². The van der Waals surface area contributed by atoms with E-state index in [4.69, 9.17) is 51.6 Å². The second kappa shape index (κ2) is 19.0. The molecule has 0 radical (unpaired) electrons. The van der Waals surface area contributed by atoms with Gasteiger partial charge in [-0.3, -0.25) is 19.4 Å². The van der Waals surface area contributed by atoms with Crippen LogP contribution < -0.4 is 38.2 Å². The van der Waals surface area contributed by atoms with E-state index in [9.17, 15) is 22.8 Å². The molecule has 0 spiro atoms. The van der Waals surface area contributed by atoms with Crippen LogP contribution in [0.2, 0.25) is 10.0 Å². The first-order valence-corrected chi connectivity index (χ1v) is 20.6. The Morgan fingerprint density at radius 3 is 1.56 bits per heavy atom. The summed E-state index contributed by atoms with van der Waals surface area (Å²) in [6.45, 7) is 3.77. The number of amides is 2. The second-order valence-electron chi connectivity index (χ2n) is 14.8. The van der Waals surface area contributed by atoms with Gasteiger partial charge in [-0.1, -0.05) is 65.7 Å². The molecule has 0 bridgehead atoms. The summed E-state index contributed by atoms with van der Waals surface area (Å²) >= 11 is 12.3. The highest BCUT2D eigenvalue weighted by molar-refractivity contribution is 6.31. The SMILES string of the molecule is COc1ccc(C2C(Oc3ccc(Cl)cc3)C(=O)N2c2ccc(C)c(Cl)c2)cc1OC.COc1ccc(C2C(Oc3ccccc3C)C(=O)N2c2cccc(C(F)(F)F)c2)cc1OC. The van der Waals surface area contributed by atoms with Crippen LogP contribution in [0.3, 0.4) is 0 Å². The lowest BCUT2D eigenvalue weighted by Gasteiger charge is -2.47. The molecule has 15 heteroatoms. The number of anilines is 2. The van der Waals surface area contributed by atoms with Crippen molar-refractivity contribution in [2.24, 2.45) is 0 Å². The number of carbonyl (C=O) groups is 2. The van der Waals surface area contributed by atoms with Crippen molar-refractivity contribution in [3.05, 3.63) is 165 Å². The van der Waals surface area contributed by atoms with Crippen molar-refractivity contribution in [3.63, 3.8) is 0 Å². The van der Waals surface area contributed by atoms with E-state index in [-0.39, 0.29) is 17.6 Å². The number of nitrogens with zero attached hydrogens (tertiary/aromatic N) is 2. The minimum Gasteiger partial charge on any atom is -0.493 e. The maximum Gasteiger partial charge on any atom is 0.416 e. The molecular weight excluding hydrogens is 872 g/mol. The van der Waals surface area contributed by atoms with Gasteiger partial charge in [0.1, 0.15) is 23.6 Å². The van der Waals surface area contributed by atoms with E-state index >= 15 is 0 Å². The number of hydrogen-bond donors (Lipinski definition) is 0. The molecule has 4 atom stereocenters. The molecular formula is C49H43Cl2F3N2O8. The van der Waals surface area contributed by atoms with Crippen molar-refractivity contribution in [1.82, 2.24) is 0 Å². The number of β-lactam (4-membered cyclic amide) rings is 2. The number of alkyl halides is 3. The molecule has 6 aromatic carbocycles. The lowest BCUT2D eigenvalue weighted by molar-refractivity contribution is -0.138. The first kappa shape index (κ1) is 45.5. The Kier molecular flexibility index (Phi) is 13.5. The average Bonchev–Trinajstić information content (AvgIpc) is 3.29. The van der Waals surface area contributed by atoms with Crippen molar-refractivity contribution in [3.8, 4) is 34.5 Å². The minimum atomic E-state index is -4.53. The lowest BCUT2D eigenvalue weighted by atomic mass is 9.89. The molecule has 10 nitrogen and oxygen atoms in total. The fraction of sp³-hybridized carbons (Fsp3) is 0.224. The number of carbonyl (C=O) groups excluding carboxylic acids is 2. The van der Waals surface area contributed by atoms with Gasteiger partial charge in [0.15, 0.2) is 23.0 Å². The Morgan fingerprint density at radius 1 is 0.516 bits per heavy atom. The molecule has 2 fully saturated rings. The van der Waals surface area contributed by atoms with Crippen LogP contribution in [0.25, 0.3) is 0 Å². The lowest BCUT2D eigenvalue weighted by Crippen LogP contribution is -2.61. The molecule has 2 saturated heterocycles. The van der Waals surface area contributed by atoms with Crippen LogP contribution >= 0.6 is 23.2 Å². The fourth-order valence-corrected chi connectivity index (χ4v) is 7.80. The summed E-state index contributed by atoms with van der Waals surface area (Å²) in [5, 5.41) is 1.19. The normalized spacial score (nSPS) is 17.9. The largest absolute Gasteiger partial charge is 0.493 e. The topological polar surface area (TPSA) is 96.0 Å². The molecule has 0 aromatic heterocycles. The van der Waals surface area contributed by atoms with Gasteiger partial charge in [-0.15, -0.1) is 0 Å². The molecule has 2 amide bonds. The maximum atomic E-state index is 13.3. The fourth-order valence-electron chi connectivity index (χ4n) is 7.50. The van der Waals surface area contributed by atoms with Crippen LogP contribution in [0.5, 0.6) is 34.5 Å². The van der Waals surface area contributed by atoms with Gasteiger partial charge in [0, 0.05) is 21.4 Å². The third-order valence-corrected chi connectivity index (χ3v) is 11.6. The van der Waals surface area contributed by atoms with Crippen LogP contribution in [0.1, 0.15) is 39.9 Å². The van der Waals surface area contributed by atoms with Gasteiger partial charge in [0.05, 0.1) is 34.0 Å². The molecule has 8 rings (SSSR count). The van der Waals surface area contributed by atoms with E-state index in [1.807, 2.05) is 56.3 Å². The maximum absolute atomic E-state index is 13.3. The van der Waals surface area contributed by atoms with Crippen molar-refractivity contribution < 1.29 is 51.2 Å². The van der Waals surface area contributed by atoms with E-state index < -0.39 is 35.9 Å². The van der Waals surface area contributed by atoms with E-state index in [0.717, 1.165) is 28.8 Å². The number of halogens is 5. The van der Waals surface area contributed by atoms with Crippen LogP contribution in [-0.2, 0) is 15.8 Å². The summed E-state index contributed by atoms with van der Waals surface area (Å²) < 4.78 is 73.5. The van der Waals surface area contributed by atoms with Gasteiger partial charge in [0.2, 0.25) is 12.2 Å². The monoisotopic (exact) mass is 914 g/mol. The molecule has 64 heavy (non-hydrogen) atoms.